The van der Waals surface area contributed by atoms with Gasteiger partial charge in [0.1, 0.15) is 0 Å². The van der Waals surface area contributed by atoms with Crippen molar-refractivity contribution in [1.82, 2.24) is 4.90 Å². The van der Waals surface area contributed by atoms with E-state index in [0.717, 1.165) is 37.8 Å². The first-order valence-electron chi connectivity index (χ1n) is 8.66. The van der Waals surface area contributed by atoms with E-state index >= 15 is 0 Å². The first-order valence-corrected chi connectivity index (χ1v) is 8.66. The molecule has 0 radical (unpaired) electrons. The Morgan fingerprint density at radius 2 is 1.43 bits per heavy atom. The van der Waals surface area contributed by atoms with Gasteiger partial charge in [0.15, 0.2) is 0 Å². The lowest BCUT2D eigenvalue weighted by atomic mass is 9.74. The van der Waals surface area contributed by atoms with E-state index in [9.17, 15) is 9.59 Å². The van der Waals surface area contributed by atoms with E-state index in [1.165, 1.54) is 32.1 Å². The van der Waals surface area contributed by atoms with Crippen molar-refractivity contribution < 1.29 is 14.7 Å². The zero-order valence-corrected chi connectivity index (χ0v) is 12.8. The van der Waals surface area contributed by atoms with E-state index in [0.29, 0.717) is 18.7 Å². The van der Waals surface area contributed by atoms with Crippen molar-refractivity contribution >= 4 is 11.9 Å². The van der Waals surface area contributed by atoms with Crippen LogP contribution in [0.25, 0.3) is 0 Å². The molecule has 3 fully saturated rings. The summed E-state index contributed by atoms with van der Waals surface area (Å²) >= 11 is 0. The summed E-state index contributed by atoms with van der Waals surface area (Å²) in [6.45, 7) is 1.89. The number of likely N-dealkylation sites (tertiary alicyclic amines) is 1. The summed E-state index contributed by atoms with van der Waals surface area (Å²) in [5.74, 6) is 1.06. The Morgan fingerprint density at radius 1 is 0.810 bits per heavy atom. The van der Waals surface area contributed by atoms with Crippen LogP contribution in [0.15, 0.2) is 0 Å². The molecule has 2 aliphatic carbocycles. The van der Waals surface area contributed by atoms with Crippen LogP contribution in [-0.4, -0.2) is 35.0 Å². The molecule has 1 amide bonds. The summed E-state index contributed by atoms with van der Waals surface area (Å²) in [5.41, 5.74) is 0. The van der Waals surface area contributed by atoms with Gasteiger partial charge in [0.05, 0.1) is 5.92 Å². The minimum absolute atomic E-state index is 0.0840. The minimum Gasteiger partial charge on any atom is -0.481 e. The number of piperidine rings is 1. The van der Waals surface area contributed by atoms with Gasteiger partial charge in [0.25, 0.3) is 0 Å². The van der Waals surface area contributed by atoms with Gasteiger partial charge in [-0.25, -0.2) is 0 Å². The highest BCUT2D eigenvalue weighted by Gasteiger charge is 2.37. The Bertz CT molecular complexity index is 401. The highest BCUT2D eigenvalue weighted by atomic mass is 16.4. The molecule has 0 spiro atoms. The molecule has 2 saturated carbocycles. The zero-order valence-electron chi connectivity index (χ0n) is 12.8. The van der Waals surface area contributed by atoms with Gasteiger partial charge < -0.3 is 10.0 Å². The van der Waals surface area contributed by atoms with Crippen molar-refractivity contribution in [3.63, 3.8) is 0 Å². The number of amides is 1. The lowest BCUT2D eigenvalue weighted by Gasteiger charge is -2.42. The van der Waals surface area contributed by atoms with Crippen LogP contribution >= 0.6 is 0 Å². The molecule has 0 aromatic rings. The van der Waals surface area contributed by atoms with E-state index in [2.05, 4.69) is 4.90 Å². The maximum atomic E-state index is 12.7. The van der Waals surface area contributed by atoms with Crippen molar-refractivity contribution in [3.8, 4) is 0 Å². The number of rotatable bonds is 2. The number of hydrogen-bond acceptors (Lipinski definition) is 2. The number of carboxylic acid groups (broad SMARTS) is 1. The minimum atomic E-state index is -0.691. The number of nitrogens with zero attached hydrogens (tertiary/aromatic N) is 1. The number of carbonyl (C=O) groups is 2. The predicted octanol–water partition coefficient (Wildman–Crippen LogP) is 2.92. The molecule has 21 heavy (non-hydrogen) atoms. The van der Waals surface area contributed by atoms with Crippen LogP contribution < -0.4 is 0 Å². The van der Waals surface area contributed by atoms with Crippen molar-refractivity contribution in [2.45, 2.75) is 57.8 Å². The standard InChI is InChI=1S/C17H27NO3/c19-16(13-5-7-14(8-6-13)17(20)21)18-10-9-12-3-1-2-4-15(12)11-18/h12-15H,1-11H2,(H,20,21). The Kier molecular flexibility index (Phi) is 4.51. The van der Waals surface area contributed by atoms with Crippen LogP contribution in [0, 0.1) is 23.7 Å². The van der Waals surface area contributed by atoms with E-state index < -0.39 is 5.97 Å². The van der Waals surface area contributed by atoms with Gasteiger partial charge in [-0.1, -0.05) is 19.3 Å². The third-order valence-corrected chi connectivity index (χ3v) is 6.03. The van der Waals surface area contributed by atoms with Gasteiger partial charge in [-0.3, -0.25) is 9.59 Å². The second-order valence-electron chi connectivity index (χ2n) is 7.26. The first kappa shape index (κ1) is 14.9. The fourth-order valence-corrected chi connectivity index (χ4v) is 4.65. The van der Waals surface area contributed by atoms with Gasteiger partial charge >= 0.3 is 5.97 Å². The highest BCUT2D eigenvalue weighted by molar-refractivity contribution is 5.79. The van der Waals surface area contributed by atoms with Crippen LogP contribution in [0.1, 0.15) is 57.8 Å². The second kappa shape index (κ2) is 6.37. The summed E-state index contributed by atoms with van der Waals surface area (Å²) in [4.78, 5) is 25.8. The topological polar surface area (TPSA) is 57.6 Å². The molecule has 0 aromatic heterocycles. The molecule has 0 bridgehead atoms. The smallest absolute Gasteiger partial charge is 0.306 e. The zero-order chi connectivity index (χ0) is 14.8. The van der Waals surface area contributed by atoms with Crippen molar-refractivity contribution in [3.05, 3.63) is 0 Å². The third kappa shape index (κ3) is 3.24. The van der Waals surface area contributed by atoms with E-state index in [4.69, 9.17) is 5.11 Å². The number of carbonyl (C=O) groups excluding carboxylic acids is 1. The van der Waals surface area contributed by atoms with Crippen LogP contribution in [0.5, 0.6) is 0 Å². The van der Waals surface area contributed by atoms with E-state index in [1.54, 1.807) is 0 Å². The summed E-state index contributed by atoms with van der Waals surface area (Å²) in [6.07, 6.45) is 9.40. The number of fused-ring (bicyclic) bond motifs is 1. The monoisotopic (exact) mass is 293 g/mol. The highest BCUT2D eigenvalue weighted by Crippen LogP contribution is 2.37. The molecule has 4 heteroatoms. The molecule has 3 aliphatic rings. The summed E-state index contributed by atoms with van der Waals surface area (Å²) < 4.78 is 0. The van der Waals surface area contributed by atoms with Crippen LogP contribution in [-0.2, 0) is 9.59 Å². The van der Waals surface area contributed by atoms with Crippen molar-refractivity contribution in [2.24, 2.45) is 23.7 Å². The molecule has 0 aromatic carbocycles. The van der Waals surface area contributed by atoms with Gasteiger partial charge in [0.2, 0.25) is 5.91 Å². The first-order chi connectivity index (χ1) is 10.1. The molecular weight excluding hydrogens is 266 g/mol. The quantitative estimate of drug-likeness (QED) is 0.851. The third-order valence-electron chi connectivity index (χ3n) is 6.03. The fourth-order valence-electron chi connectivity index (χ4n) is 4.65. The molecule has 1 saturated heterocycles. The normalized spacial score (nSPS) is 36.9. The van der Waals surface area contributed by atoms with Crippen LogP contribution in [0.3, 0.4) is 0 Å². The van der Waals surface area contributed by atoms with Gasteiger partial charge in [-0.2, -0.15) is 0 Å². The Hall–Kier alpha value is -1.06. The van der Waals surface area contributed by atoms with Crippen molar-refractivity contribution in [2.75, 3.05) is 13.1 Å². The molecule has 118 valence electrons. The Labute approximate surface area is 126 Å². The molecule has 2 unspecified atom stereocenters. The lowest BCUT2D eigenvalue weighted by molar-refractivity contribution is -0.146. The van der Waals surface area contributed by atoms with E-state index in [-0.39, 0.29) is 11.8 Å². The van der Waals surface area contributed by atoms with Crippen LogP contribution in [0.2, 0.25) is 0 Å². The number of aliphatic carboxylic acids is 1. The van der Waals surface area contributed by atoms with Gasteiger partial charge in [-0.15, -0.1) is 0 Å². The SMILES string of the molecule is O=C(O)C1CCC(C(=O)N2CCC3CCCCC3C2)CC1. The maximum absolute atomic E-state index is 12.7. The second-order valence-corrected chi connectivity index (χ2v) is 7.26. The molecular formula is C17H27NO3. The van der Waals surface area contributed by atoms with E-state index in [1.807, 2.05) is 0 Å². The average molecular weight is 293 g/mol. The number of hydrogen-bond donors (Lipinski definition) is 1. The number of carboxylic acids is 1. The largest absolute Gasteiger partial charge is 0.481 e. The fraction of sp³-hybridized carbons (Fsp3) is 0.882. The molecule has 1 aliphatic heterocycles. The summed E-state index contributed by atoms with van der Waals surface area (Å²) in [5, 5.41) is 9.05. The molecule has 3 rings (SSSR count). The Morgan fingerprint density at radius 3 is 2.10 bits per heavy atom. The summed E-state index contributed by atoms with van der Waals surface area (Å²) in [7, 11) is 0. The maximum Gasteiger partial charge on any atom is 0.306 e. The predicted molar refractivity (Wildman–Crippen MR) is 79.7 cm³/mol. The average Bonchev–Trinajstić information content (AvgIpc) is 2.54. The molecule has 2 atom stereocenters. The Balaban J connectivity index is 1.53. The van der Waals surface area contributed by atoms with Gasteiger partial charge in [0, 0.05) is 19.0 Å². The van der Waals surface area contributed by atoms with Crippen molar-refractivity contribution in [1.29, 1.82) is 0 Å². The van der Waals surface area contributed by atoms with Crippen LogP contribution in [0.4, 0.5) is 0 Å². The molecule has 4 nitrogen and oxygen atoms in total. The van der Waals surface area contributed by atoms with Gasteiger partial charge in [-0.05, 0) is 50.4 Å². The molecule has 1 N–H and O–H groups in total. The summed E-state index contributed by atoms with van der Waals surface area (Å²) in [6, 6.07) is 0. The molecule has 1 heterocycles. The lowest BCUT2D eigenvalue weighted by Crippen LogP contribution is -2.47.